The normalized spacial score (nSPS) is 13.4. The molecule has 0 amide bonds. The molecule has 2 aromatic carbocycles. The lowest BCUT2D eigenvalue weighted by atomic mass is 10.2. The molecular weight excluding hydrogens is 346 g/mol. The summed E-state index contributed by atoms with van der Waals surface area (Å²) in [5.41, 5.74) is 3.30. The molecule has 0 saturated carbocycles. The van der Waals surface area contributed by atoms with Gasteiger partial charge in [0.2, 0.25) is 0 Å². The fraction of sp³-hybridized carbons (Fsp3) is 0.350. The van der Waals surface area contributed by atoms with Crippen LogP contribution in [0.15, 0.2) is 42.5 Å². The zero-order valence-electron chi connectivity index (χ0n) is 15.2. The maximum Gasteiger partial charge on any atom is 0.171 e. The van der Waals surface area contributed by atoms with E-state index in [0.717, 1.165) is 24.5 Å². The van der Waals surface area contributed by atoms with Crippen molar-refractivity contribution in [3.63, 3.8) is 0 Å². The maximum absolute atomic E-state index is 5.40. The van der Waals surface area contributed by atoms with Crippen molar-refractivity contribution in [3.05, 3.63) is 48.0 Å². The van der Waals surface area contributed by atoms with Gasteiger partial charge in [-0.1, -0.05) is 12.1 Å². The smallest absolute Gasteiger partial charge is 0.171 e. The minimum absolute atomic E-state index is 0.553. The number of rotatable bonds is 6. The Balaban J connectivity index is 1.54. The van der Waals surface area contributed by atoms with E-state index in [0.29, 0.717) is 17.4 Å². The molecule has 2 aromatic rings. The van der Waals surface area contributed by atoms with Gasteiger partial charge in [-0.25, -0.2) is 0 Å². The molecule has 0 radical (unpaired) electrons. The molecule has 6 heteroatoms. The molecule has 0 spiro atoms. The van der Waals surface area contributed by atoms with E-state index in [-0.39, 0.29) is 0 Å². The highest BCUT2D eigenvalue weighted by Gasteiger charge is 2.12. The average molecular weight is 372 g/mol. The first kappa shape index (κ1) is 18.3. The van der Waals surface area contributed by atoms with Crippen LogP contribution in [0.5, 0.6) is 11.5 Å². The second-order valence-corrected chi connectivity index (χ2v) is 6.64. The van der Waals surface area contributed by atoms with Crippen molar-refractivity contribution < 1.29 is 9.47 Å². The average Bonchev–Trinajstić information content (AvgIpc) is 3.22. The number of nitrogens with one attached hydrogen (secondary N) is 2. The van der Waals surface area contributed by atoms with E-state index in [9.17, 15) is 0 Å². The number of thiocarbonyl (C=S) groups is 1. The lowest BCUT2D eigenvalue weighted by molar-refractivity contribution is 0.395. The van der Waals surface area contributed by atoms with E-state index in [2.05, 4.69) is 39.8 Å². The summed E-state index contributed by atoms with van der Waals surface area (Å²) in [6.07, 6.45) is 2.58. The Morgan fingerprint density at radius 1 is 1.04 bits per heavy atom. The van der Waals surface area contributed by atoms with E-state index in [4.69, 9.17) is 21.7 Å². The lowest BCUT2D eigenvalue weighted by Gasteiger charge is -2.18. The van der Waals surface area contributed by atoms with Gasteiger partial charge in [0, 0.05) is 31.4 Å². The number of benzene rings is 2. The standard InChI is InChI=1S/C20H25N3O2S/c1-24-17-9-10-18(19(13-17)25-2)22-20(26)21-14-15-5-7-16(8-6-15)23-11-3-4-12-23/h5-10,13H,3-4,11-12,14H2,1-2H3,(H2,21,22,26). The Morgan fingerprint density at radius 3 is 2.42 bits per heavy atom. The fourth-order valence-electron chi connectivity index (χ4n) is 3.05. The summed E-state index contributed by atoms with van der Waals surface area (Å²) in [4.78, 5) is 2.43. The molecule has 1 saturated heterocycles. The van der Waals surface area contributed by atoms with Crippen LogP contribution in [-0.4, -0.2) is 32.4 Å². The van der Waals surface area contributed by atoms with Crippen LogP contribution in [-0.2, 0) is 6.54 Å². The predicted octanol–water partition coefficient (Wildman–Crippen LogP) is 3.79. The SMILES string of the molecule is COc1ccc(NC(=S)NCc2ccc(N3CCCC3)cc2)c(OC)c1. The Morgan fingerprint density at radius 2 is 1.77 bits per heavy atom. The third-order valence-electron chi connectivity index (χ3n) is 4.52. The molecule has 2 N–H and O–H groups in total. The molecule has 1 aliphatic heterocycles. The van der Waals surface area contributed by atoms with Gasteiger partial charge in [0.15, 0.2) is 5.11 Å². The van der Waals surface area contributed by atoms with Crippen molar-refractivity contribution in [2.75, 3.05) is 37.5 Å². The number of ether oxygens (including phenoxy) is 2. The van der Waals surface area contributed by atoms with Crippen molar-refractivity contribution in [1.29, 1.82) is 0 Å². The van der Waals surface area contributed by atoms with Crippen LogP contribution in [0.1, 0.15) is 18.4 Å². The Labute approximate surface area is 160 Å². The Bertz CT molecular complexity index is 743. The molecule has 1 fully saturated rings. The van der Waals surface area contributed by atoms with E-state index in [1.807, 2.05) is 18.2 Å². The summed E-state index contributed by atoms with van der Waals surface area (Å²) in [5, 5.41) is 6.96. The van der Waals surface area contributed by atoms with Gasteiger partial charge in [-0.3, -0.25) is 0 Å². The summed E-state index contributed by atoms with van der Waals surface area (Å²) < 4.78 is 10.6. The van der Waals surface area contributed by atoms with E-state index in [1.165, 1.54) is 24.1 Å². The van der Waals surface area contributed by atoms with Crippen molar-refractivity contribution in [2.45, 2.75) is 19.4 Å². The lowest BCUT2D eigenvalue weighted by Crippen LogP contribution is -2.28. The minimum Gasteiger partial charge on any atom is -0.497 e. The van der Waals surface area contributed by atoms with Crippen LogP contribution in [0.3, 0.4) is 0 Å². The molecule has 138 valence electrons. The van der Waals surface area contributed by atoms with Gasteiger partial charge in [-0.05, 0) is 54.9 Å². The number of hydrogen-bond donors (Lipinski definition) is 2. The predicted molar refractivity (Wildman–Crippen MR) is 110 cm³/mol. The van der Waals surface area contributed by atoms with Gasteiger partial charge in [0.25, 0.3) is 0 Å². The molecule has 0 aliphatic carbocycles. The second kappa shape index (κ2) is 8.76. The van der Waals surface area contributed by atoms with Crippen LogP contribution in [0.25, 0.3) is 0 Å². The third kappa shape index (κ3) is 4.58. The van der Waals surface area contributed by atoms with Gasteiger partial charge in [-0.15, -0.1) is 0 Å². The van der Waals surface area contributed by atoms with Crippen LogP contribution >= 0.6 is 12.2 Å². The van der Waals surface area contributed by atoms with E-state index < -0.39 is 0 Å². The first-order valence-electron chi connectivity index (χ1n) is 8.80. The van der Waals surface area contributed by atoms with E-state index in [1.54, 1.807) is 14.2 Å². The quantitative estimate of drug-likeness (QED) is 0.754. The summed E-state index contributed by atoms with van der Waals surface area (Å²) in [5.74, 6) is 1.42. The largest absolute Gasteiger partial charge is 0.497 e. The monoisotopic (exact) mass is 371 g/mol. The molecule has 0 aromatic heterocycles. The maximum atomic E-state index is 5.40. The fourth-order valence-corrected chi connectivity index (χ4v) is 3.23. The third-order valence-corrected chi connectivity index (χ3v) is 4.76. The first-order chi connectivity index (χ1) is 12.7. The molecule has 0 atom stereocenters. The molecule has 5 nitrogen and oxygen atoms in total. The number of anilines is 2. The van der Waals surface area contributed by atoms with E-state index >= 15 is 0 Å². The van der Waals surface area contributed by atoms with Crippen molar-refractivity contribution >= 4 is 28.7 Å². The van der Waals surface area contributed by atoms with Crippen LogP contribution < -0.4 is 25.0 Å². The minimum atomic E-state index is 0.553. The van der Waals surface area contributed by atoms with Gasteiger partial charge in [0.1, 0.15) is 11.5 Å². The number of methoxy groups -OCH3 is 2. The van der Waals surface area contributed by atoms with Crippen LogP contribution in [0, 0.1) is 0 Å². The van der Waals surface area contributed by atoms with Gasteiger partial charge in [-0.2, -0.15) is 0 Å². The highest BCUT2D eigenvalue weighted by molar-refractivity contribution is 7.80. The van der Waals surface area contributed by atoms with Gasteiger partial charge >= 0.3 is 0 Å². The first-order valence-corrected chi connectivity index (χ1v) is 9.21. The van der Waals surface area contributed by atoms with Crippen molar-refractivity contribution in [3.8, 4) is 11.5 Å². The van der Waals surface area contributed by atoms with Gasteiger partial charge < -0.3 is 25.0 Å². The molecule has 3 rings (SSSR count). The molecule has 0 unspecified atom stereocenters. The van der Waals surface area contributed by atoms with Crippen molar-refractivity contribution in [1.82, 2.24) is 5.32 Å². The zero-order chi connectivity index (χ0) is 18.4. The molecule has 26 heavy (non-hydrogen) atoms. The van der Waals surface area contributed by atoms with Gasteiger partial charge in [0.05, 0.1) is 19.9 Å². The topological polar surface area (TPSA) is 45.8 Å². The summed E-state index contributed by atoms with van der Waals surface area (Å²) in [7, 11) is 3.25. The van der Waals surface area contributed by atoms with Crippen LogP contribution in [0.4, 0.5) is 11.4 Å². The van der Waals surface area contributed by atoms with Crippen LogP contribution in [0.2, 0.25) is 0 Å². The molecule has 1 aliphatic rings. The molecular formula is C20H25N3O2S. The summed E-state index contributed by atoms with van der Waals surface area (Å²) >= 11 is 5.40. The van der Waals surface area contributed by atoms with Crippen molar-refractivity contribution in [2.24, 2.45) is 0 Å². The highest BCUT2D eigenvalue weighted by atomic mass is 32.1. The molecule has 0 bridgehead atoms. The summed E-state index contributed by atoms with van der Waals surface area (Å²) in [6, 6.07) is 14.2. The Hall–Kier alpha value is -2.47. The zero-order valence-corrected chi connectivity index (χ0v) is 16.1. The Kier molecular flexibility index (Phi) is 6.17. The second-order valence-electron chi connectivity index (χ2n) is 6.23. The summed E-state index contributed by atoms with van der Waals surface area (Å²) in [6.45, 7) is 3.00. The molecule has 1 heterocycles. The highest BCUT2D eigenvalue weighted by Crippen LogP contribution is 2.29. The number of nitrogens with zero attached hydrogens (tertiary/aromatic N) is 1. The number of hydrogen-bond acceptors (Lipinski definition) is 4.